The molecule has 0 aliphatic carbocycles. The first-order chi connectivity index (χ1) is 11.2. The molecule has 0 unspecified atom stereocenters. The summed E-state index contributed by atoms with van der Waals surface area (Å²) < 4.78 is 8.86. The van der Waals surface area contributed by atoms with Crippen LogP contribution in [0.15, 0.2) is 37.2 Å². The van der Waals surface area contributed by atoms with Crippen LogP contribution >= 0.6 is 0 Å². The van der Waals surface area contributed by atoms with E-state index in [-0.39, 0.29) is 6.61 Å². The van der Waals surface area contributed by atoms with Crippen LogP contribution in [0, 0.1) is 0 Å². The van der Waals surface area contributed by atoms with Gasteiger partial charge in [0.25, 0.3) is 0 Å². The molecular formula is C14H15N5O4. The van der Waals surface area contributed by atoms with Gasteiger partial charge in [0.05, 0.1) is 12.9 Å². The van der Waals surface area contributed by atoms with E-state index >= 15 is 0 Å². The van der Waals surface area contributed by atoms with Gasteiger partial charge < -0.3 is 24.6 Å². The average Bonchev–Trinajstić information content (AvgIpc) is 3.28. The second kappa shape index (κ2) is 5.39. The number of aliphatic hydroxyl groups is 3. The minimum absolute atomic E-state index is 0.384. The highest BCUT2D eigenvalue weighted by atomic mass is 16.6. The van der Waals surface area contributed by atoms with Crippen LogP contribution in [0.5, 0.6) is 0 Å². The normalized spacial score (nSPS) is 27.8. The molecule has 0 saturated carbocycles. The van der Waals surface area contributed by atoms with Crippen molar-refractivity contribution in [3.8, 4) is 5.82 Å². The highest BCUT2D eigenvalue weighted by Crippen LogP contribution is 2.31. The Morgan fingerprint density at radius 2 is 1.87 bits per heavy atom. The van der Waals surface area contributed by atoms with E-state index in [1.807, 2.05) is 24.5 Å². The quantitative estimate of drug-likeness (QED) is 0.580. The zero-order valence-corrected chi connectivity index (χ0v) is 12.0. The molecule has 0 spiro atoms. The van der Waals surface area contributed by atoms with Crippen LogP contribution in [-0.2, 0) is 4.74 Å². The third-order valence-corrected chi connectivity index (χ3v) is 3.98. The van der Waals surface area contributed by atoms with Gasteiger partial charge in [-0.25, -0.2) is 15.0 Å². The van der Waals surface area contributed by atoms with Crippen LogP contribution in [-0.4, -0.2) is 64.3 Å². The monoisotopic (exact) mass is 317 g/mol. The van der Waals surface area contributed by atoms with Crippen molar-refractivity contribution in [1.82, 2.24) is 24.1 Å². The highest BCUT2D eigenvalue weighted by molar-refractivity contribution is 5.78. The van der Waals surface area contributed by atoms with Crippen LogP contribution in [0.25, 0.3) is 17.0 Å². The van der Waals surface area contributed by atoms with Gasteiger partial charge in [-0.2, -0.15) is 0 Å². The van der Waals surface area contributed by atoms with E-state index in [1.54, 1.807) is 4.57 Å². The van der Waals surface area contributed by atoms with Gasteiger partial charge in [0.1, 0.15) is 24.6 Å². The molecule has 0 amide bonds. The molecule has 9 heteroatoms. The Kier molecular flexibility index (Phi) is 3.34. The number of ether oxygens (including phenoxy) is 1. The van der Waals surface area contributed by atoms with E-state index in [2.05, 4.69) is 15.0 Å². The Balaban J connectivity index is 1.80. The largest absolute Gasteiger partial charge is 0.394 e. The fraction of sp³-hybridized carbons (Fsp3) is 0.357. The summed E-state index contributed by atoms with van der Waals surface area (Å²) in [6, 6.07) is 3.74. The summed E-state index contributed by atoms with van der Waals surface area (Å²) in [5, 5.41) is 29.3. The number of aromatic nitrogens is 5. The summed E-state index contributed by atoms with van der Waals surface area (Å²) in [4.78, 5) is 12.8. The number of fused-ring (bicyclic) bond motifs is 1. The number of imidazole rings is 1. The van der Waals surface area contributed by atoms with Crippen LogP contribution in [0.4, 0.5) is 0 Å². The molecular weight excluding hydrogens is 302 g/mol. The summed E-state index contributed by atoms with van der Waals surface area (Å²) in [5.74, 6) is 0.602. The van der Waals surface area contributed by atoms with Gasteiger partial charge in [-0.3, -0.25) is 4.57 Å². The van der Waals surface area contributed by atoms with Gasteiger partial charge in [0, 0.05) is 12.4 Å². The van der Waals surface area contributed by atoms with Gasteiger partial charge in [0.2, 0.25) is 0 Å². The first kappa shape index (κ1) is 14.3. The van der Waals surface area contributed by atoms with Crippen molar-refractivity contribution >= 4 is 11.2 Å². The predicted octanol–water partition coefficient (Wildman–Crippen LogP) is -0.772. The van der Waals surface area contributed by atoms with Crippen molar-refractivity contribution in [2.24, 2.45) is 0 Å². The number of hydrogen-bond donors (Lipinski definition) is 3. The standard InChI is InChI=1S/C14H15N5O4/c20-5-8-10(21)11(22)14(23-8)19-7-17-9-12(15-6-16-13(9)19)18-3-1-2-4-18/h1-4,6-8,10-11,14,20-22H,5H2/t8-,10-,11+,14-/m1/s1. The molecule has 4 atom stereocenters. The molecule has 4 heterocycles. The smallest absolute Gasteiger partial charge is 0.168 e. The van der Waals surface area contributed by atoms with E-state index in [9.17, 15) is 15.3 Å². The predicted molar refractivity (Wildman–Crippen MR) is 77.7 cm³/mol. The lowest BCUT2D eigenvalue weighted by molar-refractivity contribution is -0.0511. The molecule has 1 saturated heterocycles. The van der Waals surface area contributed by atoms with E-state index in [1.165, 1.54) is 17.2 Å². The van der Waals surface area contributed by atoms with E-state index < -0.39 is 24.5 Å². The van der Waals surface area contributed by atoms with E-state index in [0.29, 0.717) is 17.0 Å². The van der Waals surface area contributed by atoms with E-state index in [0.717, 1.165) is 0 Å². The van der Waals surface area contributed by atoms with Gasteiger partial charge in [0.15, 0.2) is 23.2 Å². The van der Waals surface area contributed by atoms with Crippen molar-refractivity contribution < 1.29 is 20.1 Å². The summed E-state index contributed by atoms with van der Waals surface area (Å²) in [7, 11) is 0. The lowest BCUT2D eigenvalue weighted by atomic mass is 10.1. The molecule has 0 radical (unpaired) electrons. The number of aliphatic hydroxyl groups excluding tert-OH is 3. The molecule has 0 bridgehead atoms. The fourth-order valence-electron chi connectivity index (χ4n) is 2.80. The molecule has 0 aromatic carbocycles. The summed E-state index contributed by atoms with van der Waals surface area (Å²) >= 11 is 0. The molecule has 4 rings (SSSR count). The highest BCUT2D eigenvalue weighted by Gasteiger charge is 2.44. The molecule has 3 N–H and O–H groups in total. The van der Waals surface area contributed by atoms with E-state index in [4.69, 9.17) is 4.74 Å². The molecule has 1 fully saturated rings. The average molecular weight is 317 g/mol. The Bertz CT molecular complexity index is 818. The van der Waals surface area contributed by atoms with Crippen molar-refractivity contribution in [1.29, 1.82) is 0 Å². The molecule has 1 aliphatic heterocycles. The Labute approximate surface area is 130 Å². The summed E-state index contributed by atoms with van der Waals surface area (Å²) in [6.07, 6.45) is 2.48. The molecule has 23 heavy (non-hydrogen) atoms. The summed E-state index contributed by atoms with van der Waals surface area (Å²) in [5.41, 5.74) is 1.01. The van der Waals surface area contributed by atoms with Gasteiger partial charge in [-0.15, -0.1) is 0 Å². The number of nitrogens with zero attached hydrogens (tertiary/aromatic N) is 5. The number of hydrogen-bond acceptors (Lipinski definition) is 7. The number of rotatable bonds is 3. The lowest BCUT2D eigenvalue weighted by Crippen LogP contribution is -2.33. The molecule has 9 nitrogen and oxygen atoms in total. The van der Waals surface area contributed by atoms with Crippen LogP contribution in [0.2, 0.25) is 0 Å². The van der Waals surface area contributed by atoms with Gasteiger partial charge in [-0.05, 0) is 12.1 Å². The summed E-state index contributed by atoms with van der Waals surface area (Å²) in [6.45, 7) is -0.384. The van der Waals surface area contributed by atoms with Crippen molar-refractivity contribution in [3.63, 3.8) is 0 Å². The maximum atomic E-state index is 10.2. The second-order valence-corrected chi connectivity index (χ2v) is 5.34. The Morgan fingerprint density at radius 1 is 1.09 bits per heavy atom. The molecule has 3 aromatic heterocycles. The minimum atomic E-state index is -1.19. The Hall–Kier alpha value is -2.33. The fourth-order valence-corrected chi connectivity index (χ4v) is 2.80. The topological polar surface area (TPSA) is 118 Å². The first-order valence-electron chi connectivity index (χ1n) is 7.14. The van der Waals surface area contributed by atoms with Crippen LogP contribution < -0.4 is 0 Å². The maximum Gasteiger partial charge on any atom is 0.168 e. The minimum Gasteiger partial charge on any atom is -0.394 e. The van der Waals surface area contributed by atoms with Crippen LogP contribution in [0.3, 0.4) is 0 Å². The van der Waals surface area contributed by atoms with Gasteiger partial charge >= 0.3 is 0 Å². The van der Waals surface area contributed by atoms with Crippen molar-refractivity contribution in [2.75, 3.05) is 6.61 Å². The van der Waals surface area contributed by atoms with Crippen molar-refractivity contribution in [2.45, 2.75) is 24.5 Å². The second-order valence-electron chi connectivity index (χ2n) is 5.34. The zero-order chi connectivity index (χ0) is 16.0. The van der Waals surface area contributed by atoms with Gasteiger partial charge in [-0.1, -0.05) is 0 Å². The third kappa shape index (κ3) is 2.13. The first-order valence-corrected chi connectivity index (χ1v) is 7.14. The molecule has 3 aromatic rings. The SMILES string of the molecule is OC[C@H]1O[C@@H](n2cnc3c(-n4cccc4)ncnc32)[C@@H](O)[C@@H]1O. The van der Waals surface area contributed by atoms with Crippen LogP contribution in [0.1, 0.15) is 6.23 Å². The lowest BCUT2D eigenvalue weighted by Gasteiger charge is -2.16. The molecule has 120 valence electrons. The molecule has 1 aliphatic rings. The zero-order valence-electron chi connectivity index (χ0n) is 12.0. The third-order valence-electron chi connectivity index (χ3n) is 3.98. The van der Waals surface area contributed by atoms with Crippen molar-refractivity contribution in [3.05, 3.63) is 37.2 Å². The maximum absolute atomic E-state index is 10.2. The Morgan fingerprint density at radius 3 is 2.57 bits per heavy atom.